The fourth-order valence-corrected chi connectivity index (χ4v) is 5.22. The summed E-state index contributed by atoms with van der Waals surface area (Å²) < 4.78 is 27.2. The van der Waals surface area contributed by atoms with Gasteiger partial charge in [-0.05, 0) is 70.9 Å². The standard InChI is InChI=1S/C30H40O9/c1-6-15-22-20-29(25(31)35-7-2,26(32)36-8-3)30(27(33)37-9-4,28(34)38-10-5)21-23(22)16-14-19-39-24-17-12-11-13-18-24/h6,11-14,16-18,22-23H,1,7-10,15,19-21H2,2-5H3/b16-14+/t22-,23-/m1/s1. The van der Waals surface area contributed by atoms with Crippen LogP contribution in [0.2, 0.25) is 0 Å². The Morgan fingerprint density at radius 2 is 1.26 bits per heavy atom. The molecule has 1 fully saturated rings. The van der Waals surface area contributed by atoms with E-state index < -0.39 is 40.6 Å². The molecule has 0 aromatic heterocycles. The average molecular weight is 545 g/mol. The maximum Gasteiger partial charge on any atom is 0.325 e. The van der Waals surface area contributed by atoms with Gasteiger partial charge in [0.15, 0.2) is 10.8 Å². The van der Waals surface area contributed by atoms with Crippen LogP contribution < -0.4 is 4.74 Å². The number of esters is 4. The number of ether oxygens (including phenoxy) is 5. The third-order valence-electron chi connectivity index (χ3n) is 6.88. The molecule has 214 valence electrons. The predicted octanol–water partition coefficient (Wildman–Crippen LogP) is 4.45. The lowest BCUT2D eigenvalue weighted by Gasteiger charge is -2.50. The smallest absolute Gasteiger partial charge is 0.325 e. The number of hydrogen-bond donors (Lipinski definition) is 0. The number of hydrogen-bond acceptors (Lipinski definition) is 9. The van der Waals surface area contributed by atoms with Gasteiger partial charge in [0.2, 0.25) is 0 Å². The molecule has 0 unspecified atom stereocenters. The molecule has 1 aliphatic rings. The summed E-state index contributed by atoms with van der Waals surface area (Å²) in [5.41, 5.74) is -4.64. The van der Waals surface area contributed by atoms with Crippen molar-refractivity contribution in [1.82, 2.24) is 0 Å². The van der Waals surface area contributed by atoms with Crippen LogP contribution in [0.3, 0.4) is 0 Å². The Morgan fingerprint density at radius 3 is 1.69 bits per heavy atom. The molecule has 9 heteroatoms. The number of carbonyl (C=O) groups is 4. The molecule has 1 aromatic rings. The van der Waals surface area contributed by atoms with Gasteiger partial charge in [0, 0.05) is 0 Å². The van der Waals surface area contributed by atoms with Gasteiger partial charge in [-0.25, -0.2) is 0 Å². The number of allylic oxidation sites excluding steroid dienone is 2. The monoisotopic (exact) mass is 544 g/mol. The van der Waals surface area contributed by atoms with E-state index in [4.69, 9.17) is 23.7 Å². The molecule has 0 heterocycles. The molecule has 0 radical (unpaired) electrons. The zero-order valence-corrected chi connectivity index (χ0v) is 23.3. The third kappa shape index (κ3) is 6.69. The molecule has 0 aliphatic heterocycles. The molecule has 0 amide bonds. The Balaban J connectivity index is 2.69. The van der Waals surface area contributed by atoms with E-state index in [0.29, 0.717) is 12.2 Å². The first-order chi connectivity index (χ1) is 18.8. The summed E-state index contributed by atoms with van der Waals surface area (Å²) in [7, 11) is 0. The van der Waals surface area contributed by atoms with Crippen LogP contribution in [0.5, 0.6) is 5.75 Å². The van der Waals surface area contributed by atoms with E-state index in [9.17, 15) is 19.2 Å². The fraction of sp³-hybridized carbons (Fsp3) is 0.533. The summed E-state index contributed by atoms with van der Waals surface area (Å²) in [6, 6.07) is 9.26. The van der Waals surface area contributed by atoms with E-state index in [2.05, 4.69) is 6.58 Å². The summed E-state index contributed by atoms with van der Waals surface area (Å²) in [5, 5.41) is 0. The van der Waals surface area contributed by atoms with Gasteiger partial charge in [-0.1, -0.05) is 36.4 Å². The van der Waals surface area contributed by atoms with Crippen molar-refractivity contribution >= 4 is 23.9 Å². The van der Waals surface area contributed by atoms with Crippen molar-refractivity contribution in [2.24, 2.45) is 22.7 Å². The van der Waals surface area contributed by atoms with Crippen LogP contribution in [0.25, 0.3) is 0 Å². The maximum absolute atomic E-state index is 13.8. The van der Waals surface area contributed by atoms with Crippen molar-refractivity contribution < 1.29 is 42.9 Å². The molecule has 0 N–H and O–H groups in total. The van der Waals surface area contributed by atoms with Gasteiger partial charge in [0.05, 0.1) is 26.4 Å². The lowest BCUT2D eigenvalue weighted by Crippen LogP contribution is -2.66. The van der Waals surface area contributed by atoms with Crippen molar-refractivity contribution in [2.75, 3.05) is 33.0 Å². The Kier molecular flexibility index (Phi) is 12.2. The minimum Gasteiger partial charge on any atom is -0.490 e. The van der Waals surface area contributed by atoms with Crippen LogP contribution in [-0.2, 0) is 38.1 Å². The molecule has 9 nitrogen and oxygen atoms in total. The van der Waals surface area contributed by atoms with Gasteiger partial charge in [0.1, 0.15) is 12.4 Å². The topological polar surface area (TPSA) is 114 Å². The normalized spacial score (nSPS) is 19.5. The summed E-state index contributed by atoms with van der Waals surface area (Å²) in [4.78, 5) is 55.1. The Bertz CT molecular complexity index is 979. The second-order valence-corrected chi connectivity index (χ2v) is 9.10. The zero-order valence-electron chi connectivity index (χ0n) is 23.3. The molecule has 39 heavy (non-hydrogen) atoms. The van der Waals surface area contributed by atoms with E-state index in [1.54, 1.807) is 39.8 Å². The maximum atomic E-state index is 13.8. The first-order valence-electron chi connectivity index (χ1n) is 13.4. The molecule has 1 aliphatic carbocycles. The average Bonchev–Trinajstić information content (AvgIpc) is 2.92. The van der Waals surface area contributed by atoms with E-state index in [1.165, 1.54) is 0 Å². The van der Waals surface area contributed by atoms with Crippen molar-refractivity contribution in [3.63, 3.8) is 0 Å². The summed E-state index contributed by atoms with van der Waals surface area (Å²) in [6.45, 7) is 10.1. The minimum atomic E-state index is -2.33. The van der Waals surface area contributed by atoms with Crippen molar-refractivity contribution in [3.05, 3.63) is 55.1 Å². The van der Waals surface area contributed by atoms with Crippen LogP contribution in [0.4, 0.5) is 0 Å². The zero-order chi connectivity index (χ0) is 28.9. The van der Waals surface area contributed by atoms with Crippen molar-refractivity contribution in [3.8, 4) is 5.75 Å². The summed E-state index contributed by atoms with van der Waals surface area (Å²) in [6.07, 6.45) is 5.26. The highest BCUT2D eigenvalue weighted by molar-refractivity contribution is 6.14. The molecule has 0 bridgehead atoms. The molecule has 1 saturated carbocycles. The van der Waals surface area contributed by atoms with E-state index in [-0.39, 0.29) is 51.8 Å². The van der Waals surface area contributed by atoms with E-state index in [0.717, 1.165) is 0 Å². The number of rotatable bonds is 14. The Morgan fingerprint density at radius 1 is 0.795 bits per heavy atom. The second kappa shape index (κ2) is 15.1. The first-order valence-corrected chi connectivity index (χ1v) is 13.4. The summed E-state index contributed by atoms with van der Waals surface area (Å²) >= 11 is 0. The molecular formula is C30H40O9. The molecule has 2 rings (SSSR count). The quantitative estimate of drug-likeness (QED) is 0.145. The highest BCUT2D eigenvalue weighted by Gasteiger charge is 2.75. The van der Waals surface area contributed by atoms with E-state index >= 15 is 0 Å². The first kappa shape index (κ1) is 31.6. The second-order valence-electron chi connectivity index (χ2n) is 9.10. The molecule has 2 atom stereocenters. The van der Waals surface area contributed by atoms with Gasteiger partial charge in [-0.3, -0.25) is 19.2 Å². The largest absolute Gasteiger partial charge is 0.490 e. The number of para-hydroxylation sites is 1. The lowest BCUT2D eigenvalue weighted by molar-refractivity contribution is -0.212. The van der Waals surface area contributed by atoms with Crippen LogP contribution in [0, 0.1) is 22.7 Å². The van der Waals surface area contributed by atoms with Crippen LogP contribution in [0.15, 0.2) is 55.1 Å². The number of carbonyl (C=O) groups excluding carboxylic acids is 4. The Hall–Kier alpha value is -3.62. The van der Waals surface area contributed by atoms with Crippen molar-refractivity contribution in [2.45, 2.75) is 47.0 Å². The SMILES string of the molecule is C=CC[C@@H]1CC(C(=O)OCC)(C(=O)OCC)C(C(=O)OCC)(C(=O)OCC)C[C@H]1/C=C/COc1ccccc1. The van der Waals surface area contributed by atoms with Crippen molar-refractivity contribution in [1.29, 1.82) is 0 Å². The fourth-order valence-electron chi connectivity index (χ4n) is 5.22. The van der Waals surface area contributed by atoms with Gasteiger partial charge in [-0.2, -0.15) is 0 Å². The minimum absolute atomic E-state index is 0.0754. The van der Waals surface area contributed by atoms with Gasteiger partial charge in [0.25, 0.3) is 0 Å². The van der Waals surface area contributed by atoms with Gasteiger partial charge < -0.3 is 23.7 Å². The predicted molar refractivity (Wildman–Crippen MR) is 144 cm³/mol. The molecule has 0 spiro atoms. The Labute approximate surface area is 230 Å². The lowest BCUT2D eigenvalue weighted by atomic mass is 9.50. The molecular weight excluding hydrogens is 504 g/mol. The molecule has 1 aromatic carbocycles. The number of benzene rings is 1. The van der Waals surface area contributed by atoms with Gasteiger partial charge >= 0.3 is 23.9 Å². The van der Waals surface area contributed by atoms with E-state index in [1.807, 2.05) is 36.4 Å². The highest BCUT2D eigenvalue weighted by atomic mass is 16.6. The van der Waals surface area contributed by atoms with Crippen LogP contribution in [0.1, 0.15) is 47.0 Å². The molecule has 0 saturated heterocycles. The van der Waals surface area contributed by atoms with Crippen LogP contribution in [-0.4, -0.2) is 56.9 Å². The third-order valence-corrected chi connectivity index (χ3v) is 6.88. The van der Waals surface area contributed by atoms with Gasteiger partial charge in [-0.15, -0.1) is 6.58 Å². The highest BCUT2D eigenvalue weighted by Crippen LogP contribution is 2.58. The summed E-state index contributed by atoms with van der Waals surface area (Å²) in [5.74, 6) is -4.21. The van der Waals surface area contributed by atoms with Crippen LogP contribution >= 0.6 is 0 Å².